The molecular weight excluding hydrogens is 186 g/mol. The van der Waals surface area contributed by atoms with E-state index in [0.29, 0.717) is 6.04 Å². The summed E-state index contributed by atoms with van der Waals surface area (Å²) in [4.78, 5) is 4.82. The van der Waals surface area contributed by atoms with Gasteiger partial charge in [-0.15, -0.1) is 0 Å². The van der Waals surface area contributed by atoms with Crippen molar-refractivity contribution in [3.63, 3.8) is 0 Å². The molecule has 0 aromatic heterocycles. The first kappa shape index (κ1) is 12.5. The SMILES string of the molecule is CCCC(C)N1CCN(C(C)C#N)CC1. The second-order valence-corrected chi connectivity index (χ2v) is 4.51. The topological polar surface area (TPSA) is 30.3 Å². The highest BCUT2D eigenvalue weighted by atomic mass is 15.3. The molecule has 1 rings (SSSR count). The van der Waals surface area contributed by atoms with E-state index in [1.54, 1.807) is 0 Å². The molecule has 0 saturated carbocycles. The molecular formula is C12H23N3. The predicted molar refractivity (Wildman–Crippen MR) is 62.6 cm³/mol. The smallest absolute Gasteiger partial charge is 0.0950 e. The third-order valence-electron chi connectivity index (χ3n) is 3.41. The zero-order valence-electron chi connectivity index (χ0n) is 10.2. The normalized spacial score (nSPS) is 23.3. The third kappa shape index (κ3) is 3.48. The van der Waals surface area contributed by atoms with E-state index in [2.05, 4.69) is 29.7 Å². The number of rotatable bonds is 4. The van der Waals surface area contributed by atoms with Crippen LogP contribution in [-0.2, 0) is 0 Å². The monoisotopic (exact) mass is 209 g/mol. The molecule has 0 aliphatic carbocycles. The lowest BCUT2D eigenvalue weighted by Gasteiger charge is -2.39. The lowest BCUT2D eigenvalue weighted by Crippen LogP contribution is -2.51. The molecule has 0 aromatic rings. The van der Waals surface area contributed by atoms with Gasteiger partial charge in [0.05, 0.1) is 12.1 Å². The molecule has 3 heteroatoms. The van der Waals surface area contributed by atoms with Crippen LogP contribution in [0.2, 0.25) is 0 Å². The molecule has 15 heavy (non-hydrogen) atoms. The molecule has 2 unspecified atom stereocenters. The van der Waals surface area contributed by atoms with E-state index < -0.39 is 0 Å². The molecule has 0 amide bonds. The molecule has 0 bridgehead atoms. The maximum Gasteiger partial charge on any atom is 0.0950 e. The summed E-state index contributed by atoms with van der Waals surface area (Å²) in [6, 6.07) is 3.09. The fourth-order valence-corrected chi connectivity index (χ4v) is 2.25. The van der Waals surface area contributed by atoms with Crippen LogP contribution in [0.1, 0.15) is 33.6 Å². The Kier molecular flexibility index (Phi) is 5.07. The molecule has 1 aliphatic rings. The standard InChI is InChI=1S/C12H23N3/c1-4-5-11(2)14-6-8-15(9-7-14)12(3)10-13/h11-12H,4-9H2,1-3H3. The first-order valence-corrected chi connectivity index (χ1v) is 6.06. The van der Waals surface area contributed by atoms with E-state index >= 15 is 0 Å². The van der Waals surface area contributed by atoms with Crippen molar-refractivity contribution in [2.45, 2.75) is 45.7 Å². The Morgan fingerprint density at radius 1 is 1.13 bits per heavy atom. The molecule has 1 fully saturated rings. The Labute approximate surface area is 93.7 Å². The van der Waals surface area contributed by atoms with Crippen molar-refractivity contribution in [3.05, 3.63) is 0 Å². The Balaban J connectivity index is 2.33. The van der Waals surface area contributed by atoms with E-state index in [4.69, 9.17) is 5.26 Å². The minimum absolute atomic E-state index is 0.0774. The molecule has 3 nitrogen and oxygen atoms in total. The molecule has 1 heterocycles. The summed E-state index contributed by atoms with van der Waals surface area (Å²) in [5.41, 5.74) is 0. The summed E-state index contributed by atoms with van der Waals surface area (Å²) in [7, 11) is 0. The molecule has 1 aliphatic heterocycles. The van der Waals surface area contributed by atoms with Gasteiger partial charge in [0.25, 0.3) is 0 Å². The average molecular weight is 209 g/mol. The predicted octanol–water partition coefficient (Wildman–Crippen LogP) is 1.70. The van der Waals surface area contributed by atoms with Gasteiger partial charge in [-0.3, -0.25) is 9.80 Å². The molecule has 1 saturated heterocycles. The van der Waals surface area contributed by atoms with Gasteiger partial charge >= 0.3 is 0 Å². The van der Waals surface area contributed by atoms with Gasteiger partial charge < -0.3 is 0 Å². The van der Waals surface area contributed by atoms with Gasteiger partial charge in [0.15, 0.2) is 0 Å². The van der Waals surface area contributed by atoms with Crippen molar-refractivity contribution < 1.29 is 0 Å². The van der Waals surface area contributed by atoms with Crippen LogP contribution in [0, 0.1) is 11.3 Å². The molecule has 2 atom stereocenters. The van der Waals surface area contributed by atoms with Gasteiger partial charge in [0.2, 0.25) is 0 Å². The maximum atomic E-state index is 8.84. The van der Waals surface area contributed by atoms with Gasteiger partial charge in [0.1, 0.15) is 0 Å². The van der Waals surface area contributed by atoms with Crippen LogP contribution in [0.15, 0.2) is 0 Å². The summed E-state index contributed by atoms with van der Waals surface area (Å²) in [6.07, 6.45) is 2.55. The quantitative estimate of drug-likeness (QED) is 0.706. The maximum absolute atomic E-state index is 8.84. The minimum atomic E-state index is 0.0774. The lowest BCUT2D eigenvalue weighted by molar-refractivity contribution is 0.0885. The summed E-state index contributed by atoms with van der Waals surface area (Å²) in [5, 5.41) is 8.84. The second-order valence-electron chi connectivity index (χ2n) is 4.51. The molecule has 0 radical (unpaired) electrons. The van der Waals surface area contributed by atoms with Crippen LogP contribution in [0.3, 0.4) is 0 Å². The van der Waals surface area contributed by atoms with Gasteiger partial charge in [-0.1, -0.05) is 13.3 Å². The van der Waals surface area contributed by atoms with Crippen molar-refractivity contribution in [1.82, 2.24) is 9.80 Å². The van der Waals surface area contributed by atoms with Crippen LogP contribution in [0.4, 0.5) is 0 Å². The third-order valence-corrected chi connectivity index (χ3v) is 3.41. The minimum Gasteiger partial charge on any atom is -0.298 e. The van der Waals surface area contributed by atoms with Crippen LogP contribution in [-0.4, -0.2) is 48.1 Å². The van der Waals surface area contributed by atoms with Crippen LogP contribution in [0.25, 0.3) is 0 Å². The zero-order chi connectivity index (χ0) is 11.3. The van der Waals surface area contributed by atoms with Crippen molar-refractivity contribution in [1.29, 1.82) is 5.26 Å². The Morgan fingerprint density at radius 2 is 1.67 bits per heavy atom. The summed E-state index contributed by atoms with van der Waals surface area (Å²) in [5.74, 6) is 0. The van der Waals surface area contributed by atoms with E-state index in [-0.39, 0.29) is 6.04 Å². The van der Waals surface area contributed by atoms with Gasteiger partial charge in [-0.25, -0.2) is 0 Å². The number of piperazine rings is 1. The molecule has 86 valence electrons. The van der Waals surface area contributed by atoms with Crippen molar-refractivity contribution >= 4 is 0 Å². The molecule has 0 N–H and O–H groups in total. The highest BCUT2D eigenvalue weighted by molar-refractivity contribution is 4.90. The first-order chi connectivity index (χ1) is 7.19. The highest BCUT2D eigenvalue weighted by Gasteiger charge is 2.23. The molecule has 0 aromatic carbocycles. The Bertz CT molecular complexity index is 213. The van der Waals surface area contributed by atoms with Crippen molar-refractivity contribution in [2.75, 3.05) is 26.2 Å². The fraction of sp³-hybridized carbons (Fsp3) is 0.917. The summed E-state index contributed by atoms with van der Waals surface area (Å²) in [6.45, 7) is 10.9. The Hall–Kier alpha value is -0.590. The number of hydrogen-bond donors (Lipinski definition) is 0. The van der Waals surface area contributed by atoms with E-state index in [1.807, 2.05) is 6.92 Å². The number of nitriles is 1. The largest absolute Gasteiger partial charge is 0.298 e. The molecule has 0 spiro atoms. The zero-order valence-corrected chi connectivity index (χ0v) is 10.2. The highest BCUT2D eigenvalue weighted by Crippen LogP contribution is 2.11. The van der Waals surface area contributed by atoms with Crippen molar-refractivity contribution in [2.24, 2.45) is 0 Å². The van der Waals surface area contributed by atoms with E-state index in [9.17, 15) is 0 Å². The summed E-state index contributed by atoms with van der Waals surface area (Å²) < 4.78 is 0. The van der Waals surface area contributed by atoms with E-state index in [0.717, 1.165) is 26.2 Å². The van der Waals surface area contributed by atoms with E-state index in [1.165, 1.54) is 12.8 Å². The Morgan fingerprint density at radius 3 is 2.13 bits per heavy atom. The lowest BCUT2D eigenvalue weighted by atomic mass is 10.1. The van der Waals surface area contributed by atoms with Crippen LogP contribution < -0.4 is 0 Å². The van der Waals surface area contributed by atoms with Crippen LogP contribution >= 0.6 is 0 Å². The van der Waals surface area contributed by atoms with Gasteiger partial charge in [0, 0.05) is 32.2 Å². The second kappa shape index (κ2) is 6.09. The number of hydrogen-bond acceptors (Lipinski definition) is 3. The fourth-order valence-electron chi connectivity index (χ4n) is 2.25. The summed E-state index contributed by atoms with van der Waals surface area (Å²) >= 11 is 0. The van der Waals surface area contributed by atoms with Gasteiger partial charge in [-0.2, -0.15) is 5.26 Å². The van der Waals surface area contributed by atoms with Gasteiger partial charge in [-0.05, 0) is 20.3 Å². The average Bonchev–Trinajstić information content (AvgIpc) is 2.28. The number of nitrogens with zero attached hydrogens (tertiary/aromatic N) is 3. The van der Waals surface area contributed by atoms with Crippen LogP contribution in [0.5, 0.6) is 0 Å². The first-order valence-electron chi connectivity index (χ1n) is 6.06. The van der Waals surface area contributed by atoms with Crippen molar-refractivity contribution in [3.8, 4) is 6.07 Å².